The maximum Gasteiger partial charge on any atom is 0.260 e. The second-order valence-electron chi connectivity index (χ2n) is 6.27. The number of pyridine rings is 1. The van der Waals surface area contributed by atoms with Crippen LogP contribution in [-0.4, -0.2) is 48.7 Å². The van der Waals surface area contributed by atoms with Crippen molar-refractivity contribution in [3.63, 3.8) is 0 Å². The first-order valence-electron chi connectivity index (χ1n) is 8.78. The average molecular weight is 356 g/mol. The lowest BCUT2D eigenvalue weighted by Crippen LogP contribution is -2.43. The number of aromatic nitrogens is 1. The molecule has 6 nitrogen and oxygen atoms in total. The highest BCUT2D eigenvalue weighted by Gasteiger charge is 2.24. The van der Waals surface area contributed by atoms with E-state index < -0.39 is 0 Å². The van der Waals surface area contributed by atoms with Crippen LogP contribution >= 0.6 is 0 Å². The van der Waals surface area contributed by atoms with E-state index in [1.807, 2.05) is 42.2 Å². The highest BCUT2D eigenvalue weighted by Crippen LogP contribution is 2.26. The number of likely N-dealkylation sites (tertiary alicyclic amines) is 1. The van der Waals surface area contributed by atoms with Crippen LogP contribution in [0.1, 0.15) is 18.5 Å². The largest absolute Gasteiger partial charge is 0.493 e. The second kappa shape index (κ2) is 8.56. The Bertz CT molecular complexity index is 725. The van der Waals surface area contributed by atoms with Crippen LogP contribution in [-0.2, 0) is 4.79 Å². The lowest BCUT2D eigenvalue weighted by molar-refractivity contribution is -0.135. The number of benzene rings is 1. The number of hydrogen-bond donors (Lipinski definition) is 0. The third-order valence-corrected chi connectivity index (χ3v) is 4.40. The molecule has 0 bridgehead atoms. The van der Waals surface area contributed by atoms with Crippen molar-refractivity contribution >= 4 is 5.91 Å². The number of methoxy groups -OCH3 is 1. The fourth-order valence-electron chi connectivity index (χ4n) is 2.91. The Morgan fingerprint density at radius 3 is 2.54 bits per heavy atom. The molecule has 0 atom stereocenters. The Labute approximate surface area is 153 Å². The van der Waals surface area contributed by atoms with Gasteiger partial charge in [0.05, 0.1) is 13.3 Å². The highest BCUT2D eigenvalue weighted by atomic mass is 16.5. The maximum atomic E-state index is 12.4. The van der Waals surface area contributed by atoms with Gasteiger partial charge in [-0.15, -0.1) is 0 Å². The van der Waals surface area contributed by atoms with E-state index >= 15 is 0 Å². The number of amides is 1. The van der Waals surface area contributed by atoms with Crippen molar-refractivity contribution < 1.29 is 19.0 Å². The molecule has 1 fully saturated rings. The minimum atomic E-state index is -0.0219. The van der Waals surface area contributed by atoms with Gasteiger partial charge in [0.25, 0.3) is 5.91 Å². The number of nitrogens with zero attached hydrogens (tertiary/aromatic N) is 2. The molecule has 26 heavy (non-hydrogen) atoms. The first-order chi connectivity index (χ1) is 12.7. The molecule has 2 heterocycles. The van der Waals surface area contributed by atoms with Gasteiger partial charge in [0.2, 0.25) is 0 Å². The van der Waals surface area contributed by atoms with E-state index in [1.165, 1.54) is 0 Å². The molecule has 1 aromatic heterocycles. The molecule has 0 saturated carbocycles. The van der Waals surface area contributed by atoms with Gasteiger partial charge < -0.3 is 19.1 Å². The summed E-state index contributed by atoms with van der Waals surface area (Å²) in [5.41, 5.74) is 0.966. The van der Waals surface area contributed by atoms with E-state index in [0.717, 1.165) is 24.3 Å². The number of piperidine rings is 1. The Hall–Kier alpha value is -2.76. The van der Waals surface area contributed by atoms with E-state index in [-0.39, 0.29) is 18.6 Å². The number of para-hydroxylation sites is 2. The molecular formula is C20H24N2O4. The summed E-state index contributed by atoms with van der Waals surface area (Å²) in [4.78, 5) is 18.4. The van der Waals surface area contributed by atoms with Gasteiger partial charge in [-0.2, -0.15) is 0 Å². The van der Waals surface area contributed by atoms with Crippen LogP contribution < -0.4 is 14.2 Å². The fraction of sp³-hybridized carbons (Fsp3) is 0.400. The highest BCUT2D eigenvalue weighted by molar-refractivity contribution is 5.78. The van der Waals surface area contributed by atoms with Gasteiger partial charge in [0, 0.05) is 31.6 Å². The predicted molar refractivity (Wildman–Crippen MR) is 97.7 cm³/mol. The van der Waals surface area contributed by atoms with Crippen LogP contribution in [0.4, 0.5) is 0 Å². The van der Waals surface area contributed by atoms with Crippen molar-refractivity contribution in [1.82, 2.24) is 9.88 Å². The summed E-state index contributed by atoms with van der Waals surface area (Å²) < 4.78 is 16.8. The van der Waals surface area contributed by atoms with Gasteiger partial charge in [-0.3, -0.25) is 9.78 Å². The molecule has 0 unspecified atom stereocenters. The standard InChI is InChI=1S/C20H24N2O4/c1-15-7-8-17(13-21-15)26-16-9-11-22(12-10-16)20(23)14-25-19-6-4-3-5-18(19)24-2/h3-8,13,16H,9-12,14H2,1-2H3. The molecule has 0 aliphatic carbocycles. The number of carbonyl (C=O) groups excluding carboxylic acids is 1. The summed E-state index contributed by atoms with van der Waals surface area (Å²) in [7, 11) is 1.58. The van der Waals surface area contributed by atoms with Gasteiger partial charge in [-0.05, 0) is 31.2 Å². The average Bonchev–Trinajstić information content (AvgIpc) is 2.68. The number of ether oxygens (including phenoxy) is 3. The van der Waals surface area contributed by atoms with Crippen molar-refractivity contribution in [1.29, 1.82) is 0 Å². The molecule has 1 saturated heterocycles. The first-order valence-corrected chi connectivity index (χ1v) is 8.78. The Kier molecular flexibility index (Phi) is 5.94. The lowest BCUT2D eigenvalue weighted by Gasteiger charge is -2.32. The van der Waals surface area contributed by atoms with Gasteiger partial charge in [0.1, 0.15) is 11.9 Å². The van der Waals surface area contributed by atoms with E-state index in [2.05, 4.69) is 4.98 Å². The smallest absolute Gasteiger partial charge is 0.260 e. The Morgan fingerprint density at radius 1 is 1.15 bits per heavy atom. The van der Waals surface area contributed by atoms with Crippen LogP contribution in [0.3, 0.4) is 0 Å². The zero-order valence-corrected chi connectivity index (χ0v) is 15.2. The van der Waals surface area contributed by atoms with E-state index in [0.29, 0.717) is 24.6 Å². The van der Waals surface area contributed by atoms with Gasteiger partial charge in [0.15, 0.2) is 18.1 Å². The van der Waals surface area contributed by atoms with Gasteiger partial charge >= 0.3 is 0 Å². The zero-order chi connectivity index (χ0) is 18.4. The first kappa shape index (κ1) is 18.0. The molecule has 1 aromatic carbocycles. The van der Waals surface area contributed by atoms with E-state index in [1.54, 1.807) is 19.4 Å². The molecule has 0 spiro atoms. The molecule has 1 amide bonds. The Morgan fingerprint density at radius 2 is 1.88 bits per heavy atom. The molecule has 0 N–H and O–H groups in total. The zero-order valence-electron chi connectivity index (χ0n) is 15.2. The van der Waals surface area contributed by atoms with Crippen molar-refractivity contribution in [3.8, 4) is 17.2 Å². The SMILES string of the molecule is COc1ccccc1OCC(=O)N1CCC(Oc2ccc(C)nc2)CC1. The van der Waals surface area contributed by atoms with Crippen molar-refractivity contribution in [2.75, 3.05) is 26.8 Å². The minimum Gasteiger partial charge on any atom is -0.493 e. The summed E-state index contributed by atoms with van der Waals surface area (Å²) in [6.45, 7) is 3.28. The number of aryl methyl sites for hydroxylation is 1. The monoisotopic (exact) mass is 356 g/mol. The molecule has 6 heteroatoms. The molecular weight excluding hydrogens is 332 g/mol. The summed E-state index contributed by atoms with van der Waals surface area (Å²) in [6, 6.07) is 11.2. The molecule has 1 aliphatic rings. The quantitative estimate of drug-likeness (QED) is 0.796. The van der Waals surface area contributed by atoms with Crippen LogP contribution in [0.2, 0.25) is 0 Å². The summed E-state index contributed by atoms with van der Waals surface area (Å²) in [5.74, 6) is 1.96. The molecule has 1 aliphatic heterocycles. The van der Waals surface area contributed by atoms with Crippen molar-refractivity contribution in [2.45, 2.75) is 25.9 Å². The van der Waals surface area contributed by atoms with Crippen molar-refractivity contribution in [3.05, 3.63) is 48.3 Å². The normalized spacial score (nSPS) is 14.8. The fourth-order valence-corrected chi connectivity index (χ4v) is 2.91. The molecule has 138 valence electrons. The maximum absolute atomic E-state index is 12.4. The van der Waals surface area contributed by atoms with Crippen LogP contribution in [0, 0.1) is 6.92 Å². The third kappa shape index (κ3) is 4.65. The molecule has 3 rings (SSSR count). The number of carbonyl (C=O) groups is 1. The van der Waals surface area contributed by atoms with Crippen LogP contribution in [0.15, 0.2) is 42.6 Å². The van der Waals surface area contributed by atoms with Gasteiger partial charge in [-0.25, -0.2) is 0 Å². The Balaban J connectivity index is 1.45. The van der Waals surface area contributed by atoms with Crippen LogP contribution in [0.25, 0.3) is 0 Å². The van der Waals surface area contributed by atoms with Crippen molar-refractivity contribution in [2.24, 2.45) is 0 Å². The van der Waals surface area contributed by atoms with E-state index in [4.69, 9.17) is 14.2 Å². The predicted octanol–water partition coefficient (Wildman–Crippen LogP) is 2.85. The minimum absolute atomic E-state index is 0.00772. The third-order valence-electron chi connectivity index (χ3n) is 4.40. The number of hydrogen-bond acceptors (Lipinski definition) is 5. The lowest BCUT2D eigenvalue weighted by atomic mass is 10.1. The number of rotatable bonds is 6. The summed E-state index contributed by atoms with van der Waals surface area (Å²) >= 11 is 0. The van der Waals surface area contributed by atoms with E-state index in [9.17, 15) is 4.79 Å². The summed E-state index contributed by atoms with van der Waals surface area (Å²) in [5, 5.41) is 0. The molecule has 2 aromatic rings. The summed E-state index contributed by atoms with van der Waals surface area (Å²) in [6.07, 6.45) is 3.45. The molecule has 0 radical (unpaired) electrons. The van der Waals surface area contributed by atoms with Gasteiger partial charge in [-0.1, -0.05) is 12.1 Å². The second-order valence-corrected chi connectivity index (χ2v) is 6.27. The van der Waals surface area contributed by atoms with Crippen LogP contribution in [0.5, 0.6) is 17.2 Å². The topological polar surface area (TPSA) is 60.9 Å².